The number of hydrogen-bond acceptors (Lipinski definition) is 9. The van der Waals surface area contributed by atoms with Crippen LogP contribution in [0.1, 0.15) is 41.7 Å². The molecule has 5 atom stereocenters. The lowest BCUT2D eigenvalue weighted by Gasteiger charge is -2.39. The van der Waals surface area contributed by atoms with E-state index in [1.54, 1.807) is 12.1 Å². The zero-order valence-corrected chi connectivity index (χ0v) is 25.5. The minimum absolute atomic E-state index is 0.334. The summed E-state index contributed by atoms with van der Waals surface area (Å²) in [6, 6.07) is 31.3. The van der Waals surface area contributed by atoms with Crippen molar-refractivity contribution in [3.8, 4) is 17.2 Å². The van der Waals surface area contributed by atoms with E-state index in [9.17, 15) is 20.4 Å². The highest BCUT2D eigenvalue weighted by molar-refractivity contribution is 5.42. The molecule has 1 aliphatic rings. The van der Waals surface area contributed by atoms with Gasteiger partial charge in [-0.05, 0) is 70.3 Å². The summed E-state index contributed by atoms with van der Waals surface area (Å²) in [5.74, 6) is 1.98. The van der Waals surface area contributed by atoms with Gasteiger partial charge in [0.15, 0.2) is 0 Å². The molecule has 4 aromatic carbocycles. The summed E-state index contributed by atoms with van der Waals surface area (Å²) >= 11 is 0. The Balaban J connectivity index is 1.15. The molecular weight excluding hydrogens is 574 g/mol. The molecule has 1 aliphatic heterocycles. The van der Waals surface area contributed by atoms with Crippen LogP contribution in [0.15, 0.2) is 97.1 Å². The molecule has 5 rings (SSSR count). The quantitative estimate of drug-likeness (QED) is 0.161. The minimum Gasteiger partial charge on any atom is -0.489 e. The second kappa shape index (κ2) is 14.4. The number of aliphatic hydroxyl groups excluding tert-OH is 4. The monoisotopic (exact) mass is 615 g/mol. The number of hydrogen-bond donors (Lipinski definition) is 5. The van der Waals surface area contributed by atoms with Crippen molar-refractivity contribution in [2.45, 2.75) is 69.7 Å². The molecular formula is C36H41NO8. The van der Waals surface area contributed by atoms with E-state index in [4.69, 9.17) is 24.7 Å². The summed E-state index contributed by atoms with van der Waals surface area (Å²) < 4.78 is 23.2. The molecule has 6 N–H and O–H groups in total. The van der Waals surface area contributed by atoms with Crippen molar-refractivity contribution in [1.29, 1.82) is 0 Å². The Hall–Kier alpha value is -3.96. The third-order valence-electron chi connectivity index (χ3n) is 8.21. The molecule has 45 heavy (non-hydrogen) atoms. The highest BCUT2D eigenvalue weighted by Gasteiger charge is 2.44. The number of ether oxygens (including phenoxy) is 4. The highest BCUT2D eigenvalue weighted by atomic mass is 16.7. The highest BCUT2D eigenvalue weighted by Crippen LogP contribution is 2.34. The fourth-order valence-corrected chi connectivity index (χ4v) is 5.25. The maximum absolute atomic E-state index is 10.3. The van der Waals surface area contributed by atoms with Gasteiger partial charge < -0.3 is 45.1 Å². The normalized spacial score (nSPS) is 21.7. The predicted molar refractivity (Wildman–Crippen MR) is 169 cm³/mol. The summed E-state index contributed by atoms with van der Waals surface area (Å²) in [4.78, 5) is 0. The Kier molecular flexibility index (Phi) is 10.4. The van der Waals surface area contributed by atoms with Crippen LogP contribution in [0.5, 0.6) is 17.2 Å². The second-order valence-corrected chi connectivity index (χ2v) is 11.7. The van der Waals surface area contributed by atoms with Crippen molar-refractivity contribution in [1.82, 2.24) is 0 Å². The van der Waals surface area contributed by atoms with Gasteiger partial charge in [0, 0.05) is 12.0 Å². The first-order chi connectivity index (χ1) is 21.7. The molecule has 1 saturated heterocycles. The molecule has 9 nitrogen and oxygen atoms in total. The summed E-state index contributed by atoms with van der Waals surface area (Å²) in [5.41, 5.74) is 10.6. The Bertz CT molecular complexity index is 1510. The van der Waals surface area contributed by atoms with Crippen LogP contribution in [0.2, 0.25) is 0 Å². The van der Waals surface area contributed by atoms with E-state index >= 15 is 0 Å². The van der Waals surface area contributed by atoms with Gasteiger partial charge in [-0.15, -0.1) is 0 Å². The average molecular weight is 616 g/mol. The van der Waals surface area contributed by atoms with Crippen LogP contribution in [0, 0.1) is 0 Å². The minimum atomic E-state index is -1.50. The van der Waals surface area contributed by atoms with Crippen molar-refractivity contribution in [2.24, 2.45) is 5.73 Å². The van der Waals surface area contributed by atoms with Crippen LogP contribution < -0.4 is 19.9 Å². The fraction of sp³-hybridized carbons (Fsp3) is 0.333. The molecule has 9 heteroatoms. The Morgan fingerprint density at radius 3 is 1.69 bits per heavy atom. The number of rotatable bonds is 12. The zero-order valence-electron chi connectivity index (χ0n) is 25.5. The van der Waals surface area contributed by atoms with Gasteiger partial charge in [-0.2, -0.15) is 0 Å². The molecule has 5 unspecified atom stereocenters. The molecule has 0 spiro atoms. The summed E-state index contributed by atoms with van der Waals surface area (Å²) in [6.45, 7) is 5.12. The van der Waals surface area contributed by atoms with Gasteiger partial charge in [0.1, 0.15) is 54.9 Å². The first-order valence-corrected chi connectivity index (χ1v) is 15.0. The molecule has 238 valence electrons. The Morgan fingerprint density at radius 1 is 0.667 bits per heavy atom. The number of nitrogens with two attached hydrogens (primary N) is 1. The van der Waals surface area contributed by atoms with E-state index < -0.39 is 37.3 Å². The molecule has 0 aromatic heterocycles. The third kappa shape index (κ3) is 7.83. The zero-order chi connectivity index (χ0) is 32.0. The summed E-state index contributed by atoms with van der Waals surface area (Å²) in [5, 5.41) is 39.7. The van der Waals surface area contributed by atoms with Gasteiger partial charge in [-0.25, -0.2) is 0 Å². The van der Waals surface area contributed by atoms with Gasteiger partial charge in [0.2, 0.25) is 6.29 Å². The summed E-state index contributed by atoms with van der Waals surface area (Å²) in [6.07, 6.45) is -6.67. The van der Waals surface area contributed by atoms with Crippen LogP contribution in [-0.2, 0) is 29.9 Å². The SMILES string of the molecule is CC(C)(c1ccc(OCc2cccc(COc3ccc(CN)cc3)c2)cc1)c1ccc(OC2OC(CO)C(O)C(O)C2O)cc1. The van der Waals surface area contributed by atoms with Gasteiger partial charge >= 0.3 is 0 Å². The topological polar surface area (TPSA) is 144 Å². The van der Waals surface area contributed by atoms with Crippen molar-refractivity contribution in [2.75, 3.05) is 6.61 Å². The van der Waals surface area contributed by atoms with Crippen molar-refractivity contribution in [3.63, 3.8) is 0 Å². The smallest absolute Gasteiger partial charge is 0.229 e. The maximum Gasteiger partial charge on any atom is 0.229 e. The first-order valence-electron chi connectivity index (χ1n) is 15.0. The molecule has 0 radical (unpaired) electrons. The fourth-order valence-electron chi connectivity index (χ4n) is 5.25. The molecule has 0 amide bonds. The van der Waals surface area contributed by atoms with E-state index in [0.29, 0.717) is 25.5 Å². The van der Waals surface area contributed by atoms with Crippen molar-refractivity contribution in [3.05, 3.63) is 125 Å². The van der Waals surface area contributed by atoms with Gasteiger partial charge in [0.05, 0.1) is 6.61 Å². The molecule has 0 bridgehead atoms. The van der Waals surface area contributed by atoms with Gasteiger partial charge in [-0.1, -0.05) is 68.4 Å². The first kappa shape index (κ1) is 32.4. The number of aliphatic hydroxyl groups is 4. The van der Waals surface area contributed by atoms with Crippen LogP contribution in [0.25, 0.3) is 0 Å². The van der Waals surface area contributed by atoms with E-state index in [1.165, 1.54) is 0 Å². The van der Waals surface area contributed by atoms with Crippen LogP contribution in [0.3, 0.4) is 0 Å². The maximum atomic E-state index is 10.3. The van der Waals surface area contributed by atoms with Crippen LogP contribution in [0.4, 0.5) is 0 Å². The van der Waals surface area contributed by atoms with E-state index in [-0.39, 0.29) is 5.41 Å². The standard InChI is InChI=1S/C36H41NO8/c1-36(2,27-10-16-30(17-11-27)44-35-34(41)33(40)32(39)31(20-38)45-35)26-8-14-29(15-9-26)43-22-25-5-3-4-24(18-25)21-42-28-12-6-23(19-37)7-13-28/h3-18,31-35,38-41H,19-22,37H2,1-2H3. The van der Waals surface area contributed by atoms with E-state index in [0.717, 1.165) is 39.3 Å². The largest absolute Gasteiger partial charge is 0.489 e. The third-order valence-corrected chi connectivity index (χ3v) is 8.21. The molecule has 1 heterocycles. The molecule has 1 fully saturated rings. The van der Waals surface area contributed by atoms with Crippen molar-refractivity contribution >= 4 is 0 Å². The molecule has 0 saturated carbocycles. The lowest BCUT2D eigenvalue weighted by atomic mass is 9.78. The van der Waals surface area contributed by atoms with Crippen LogP contribution >= 0.6 is 0 Å². The number of benzene rings is 4. The van der Waals surface area contributed by atoms with Crippen molar-refractivity contribution < 1.29 is 39.4 Å². The van der Waals surface area contributed by atoms with E-state index in [1.807, 2.05) is 78.9 Å². The average Bonchev–Trinajstić information content (AvgIpc) is 3.07. The van der Waals surface area contributed by atoms with Crippen LogP contribution in [-0.4, -0.2) is 57.7 Å². The molecule has 4 aromatic rings. The van der Waals surface area contributed by atoms with Gasteiger partial charge in [-0.3, -0.25) is 0 Å². The predicted octanol–water partition coefficient (Wildman–Crippen LogP) is 3.81. The Labute approximate surface area is 263 Å². The molecule has 0 aliphatic carbocycles. The second-order valence-electron chi connectivity index (χ2n) is 11.7. The summed E-state index contributed by atoms with van der Waals surface area (Å²) in [7, 11) is 0. The van der Waals surface area contributed by atoms with E-state index in [2.05, 4.69) is 19.9 Å². The lowest BCUT2D eigenvalue weighted by molar-refractivity contribution is -0.277. The Morgan fingerprint density at radius 2 is 1.18 bits per heavy atom. The van der Waals surface area contributed by atoms with Gasteiger partial charge in [0.25, 0.3) is 0 Å². The lowest BCUT2D eigenvalue weighted by Crippen LogP contribution is -2.60.